The van der Waals surface area contributed by atoms with Crippen LogP contribution in [0.2, 0.25) is 0 Å². The molecule has 0 radical (unpaired) electrons. The van der Waals surface area contributed by atoms with Crippen molar-refractivity contribution >= 4 is 18.0 Å². The number of carbonyl (C=O) groups is 2. The van der Waals surface area contributed by atoms with Crippen LogP contribution in [0.4, 0.5) is 0 Å². The quantitative estimate of drug-likeness (QED) is 0.366. The van der Waals surface area contributed by atoms with Crippen LogP contribution in [0.15, 0.2) is 73.5 Å². The summed E-state index contributed by atoms with van der Waals surface area (Å²) in [5.41, 5.74) is 1.29. The highest BCUT2D eigenvalue weighted by molar-refractivity contribution is 5.90. The maximum atomic E-state index is 11.8. The Morgan fingerprint density at radius 1 is 0.955 bits per heavy atom. The molecule has 110 valence electrons. The molecule has 2 aromatic rings. The van der Waals surface area contributed by atoms with Gasteiger partial charge in [0.15, 0.2) is 0 Å². The molecule has 0 aliphatic carbocycles. The van der Waals surface area contributed by atoms with Crippen molar-refractivity contribution in [1.82, 2.24) is 0 Å². The van der Waals surface area contributed by atoms with Gasteiger partial charge in [-0.1, -0.05) is 36.9 Å². The summed E-state index contributed by atoms with van der Waals surface area (Å²) in [5, 5.41) is 0. The Balaban J connectivity index is 1.94. The number of ether oxygens (including phenoxy) is 2. The minimum atomic E-state index is -0.555. The molecule has 0 aliphatic rings. The molecule has 0 bridgehead atoms. The Morgan fingerprint density at radius 2 is 1.64 bits per heavy atom. The third-order valence-corrected chi connectivity index (χ3v) is 2.71. The summed E-state index contributed by atoms with van der Waals surface area (Å²) in [5.74, 6) is -0.712. The number of rotatable bonds is 5. The lowest BCUT2D eigenvalue weighted by atomic mass is 10.2. The van der Waals surface area contributed by atoms with Gasteiger partial charge in [0.1, 0.15) is 5.75 Å². The molecule has 0 heterocycles. The fourth-order valence-corrected chi connectivity index (χ4v) is 1.62. The molecule has 0 aromatic heterocycles. The minimum absolute atomic E-state index is 0.335. The van der Waals surface area contributed by atoms with E-state index in [9.17, 15) is 9.59 Å². The molecule has 0 aliphatic heterocycles. The zero-order valence-electron chi connectivity index (χ0n) is 11.8. The first kappa shape index (κ1) is 15.3. The fourth-order valence-electron chi connectivity index (χ4n) is 1.62. The average Bonchev–Trinajstić information content (AvgIpc) is 2.56. The number of hydrogen-bond acceptors (Lipinski definition) is 4. The maximum absolute atomic E-state index is 11.8. The number of benzene rings is 2. The Morgan fingerprint density at radius 3 is 2.27 bits per heavy atom. The summed E-state index contributed by atoms with van der Waals surface area (Å²) in [4.78, 5) is 22.9. The van der Waals surface area contributed by atoms with Crippen molar-refractivity contribution in [1.29, 1.82) is 0 Å². The van der Waals surface area contributed by atoms with Crippen LogP contribution in [0.25, 0.3) is 6.08 Å². The molecular formula is C18H14O4. The van der Waals surface area contributed by atoms with Crippen molar-refractivity contribution < 1.29 is 19.1 Å². The first-order valence-electron chi connectivity index (χ1n) is 6.56. The molecule has 0 spiro atoms. The molecule has 0 amide bonds. The molecule has 0 fully saturated rings. The predicted molar refractivity (Wildman–Crippen MR) is 83.2 cm³/mol. The highest BCUT2D eigenvalue weighted by Crippen LogP contribution is 2.13. The van der Waals surface area contributed by atoms with Gasteiger partial charge >= 0.3 is 11.9 Å². The van der Waals surface area contributed by atoms with Crippen LogP contribution in [0.3, 0.4) is 0 Å². The second kappa shape index (κ2) is 7.59. The van der Waals surface area contributed by atoms with Gasteiger partial charge in [0, 0.05) is 6.08 Å². The molecule has 2 aromatic carbocycles. The molecule has 22 heavy (non-hydrogen) atoms. The third-order valence-electron chi connectivity index (χ3n) is 2.71. The van der Waals surface area contributed by atoms with Gasteiger partial charge in [-0.3, -0.25) is 0 Å². The Labute approximate surface area is 128 Å². The fraction of sp³-hybridized carbons (Fsp3) is 0. The molecule has 4 heteroatoms. The minimum Gasteiger partial charge on any atom is -0.431 e. The summed E-state index contributed by atoms with van der Waals surface area (Å²) >= 11 is 0. The van der Waals surface area contributed by atoms with Gasteiger partial charge in [-0.05, 0) is 35.9 Å². The second-order valence-corrected chi connectivity index (χ2v) is 4.27. The smallest absolute Gasteiger partial charge is 0.342 e. The van der Waals surface area contributed by atoms with Gasteiger partial charge in [-0.15, -0.1) is 0 Å². The lowest BCUT2D eigenvalue weighted by molar-refractivity contribution is -0.128. The number of esters is 2. The Hall–Kier alpha value is -3.14. The molecule has 0 atom stereocenters. The van der Waals surface area contributed by atoms with Crippen molar-refractivity contribution in [3.05, 3.63) is 84.6 Å². The van der Waals surface area contributed by atoms with Gasteiger partial charge < -0.3 is 9.47 Å². The molecule has 4 nitrogen and oxygen atoms in total. The van der Waals surface area contributed by atoms with Gasteiger partial charge in [0.25, 0.3) is 0 Å². The SMILES string of the molecule is C=CC(=O)Oc1ccc(C(=O)O/C=C\c2ccccc2)cc1. The zero-order valence-corrected chi connectivity index (χ0v) is 11.8. The van der Waals surface area contributed by atoms with Crippen LogP contribution >= 0.6 is 0 Å². The predicted octanol–water partition coefficient (Wildman–Crippen LogP) is 3.61. The summed E-state index contributed by atoms with van der Waals surface area (Å²) in [6, 6.07) is 15.5. The molecule has 0 saturated carbocycles. The van der Waals surface area contributed by atoms with Gasteiger partial charge in [0.05, 0.1) is 11.8 Å². The Kier molecular flexibility index (Phi) is 5.26. The van der Waals surface area contributed by atoms with Crippen molar-refractivity contribution in [2.24, 2.45) is 0 Å². The number of carbonyl (C=O) groups excluding carboxylic acids is 2. The van der Waals surface area contributed by atoms with E-state index in [-0.39, 0.29) is 0 Å². The zero-order chi connectivity index (χ0) is 15.8. The summed E-state index contributed by atoms with van der Waals surface area (Å²) in [7, 11) is 0. The summed E-state index contributed by atoms with van der Waals surface area (Å²) in [6.07, 6.45) is 4.10. The second-order valence-electron chi connectivity index (χ2n) is 4.27. The van der Waals surface area contributed by atoms with E-state index in [1.165, 1.54) is 30.5 Å². The highest BCUT2D eigenvalue weighted by Gasteiger charge is 2.06. The van der Waals surface area contributed by atoms with Gasteiger partial charge in [-0.2, -0.15) is 0 Å². The lowest BCUT2D eigenvalue weighted by Crippen LogP contribution is -2.04. The highest BCUT2D eigenvalue weighted by atomic mass is 16.5. The monoisotopic (exact) mass is 294 g/mol. The van der Waals surface area contributed by atoms with Crippen LogP contribution in [0.5, 0.6) is 5.75 Å². The number of hydrogen-bond donors (Lipinski definition) is 0. The first-order valence-corrected chi connectivity index (χ1v) is 6.56. The van der Waals surface area contributed by atoms with Crippen LogP contribution in [0, 0.1) is 0 Å². The van der Waals surface area contributed by atoms with Crippen LogP contribution in [-0.2, 0) is 9.53 Å². The largest absolute Gasteiger partial charge is 0.431 e. The van der Waals surface area contributed by atoms with E-state index in [0.29, 0.717) is 11.3 Å². The topological polar surface area (TPSA) is 52.6 Å². The van der Waals surface area contributed by atoms with Crippen LogP contribution in [-0.4, -0.2) is 11.9 Å². The molecule has 0 N–H and O–H groups in total. The molecule has 0 unspecified atom stereocenters. The van der Waals surface area contributed by atoms with E-state index in [2.05, 4.69) is 6.58 Å². The third kappa shape index (κ3) is 4.45. The molecular weight excluding hydrogens is 280 g/mol. The van der Waals surface area contributed by atoms with E-state index in [1.54, 1.807) is 6.08 Å². The van der Waals surface area contributed by atoms with E-state index in [1.807, 2.05) is 30.3 Å². The van der Waals surface area contributed by atoms with Crippen LogP contribution < -0.4 is 4.74 Å². The summed E-state index contributed by atoms with van der Waals surface area (Å²) in [6.45, 7) is 3.30. The van der Waals surface area contributed by atoms with E-state index < -0.39 is 11.9 Å². The van der Waals surface area contributed by atoms with Crippen molar-refractivity contribution in [2.45, 2.75) is 0 Å². The Bertz CT molecular complexity index is 685. The van der Waals surface area contributed by atoms with Gasteiger partial charge in [0.2, 0.25) is 0 Å². The first-order chi connectivity index (χ1) is 10.7. The summed E-state index contributed by atoms with van der Waals surface area (Å²) < 4.78 is 9.94. The van der Waals surface area contributed by atoms with Gasteiger partial charge in [-0.25, -0.2) is 9.59 Å². The van der Waals surface area contributed by atoms with E-state index in [0.717, 1.165) is 11.6 Å². The average molecular weight is 294 g/mol. The lowest BCUT2D eigenvalue weighted by Gasteiger charge is -2.03. The normalized spacial score (nSPS) is 10.2. The van der Waals surface area contributed by atoms with E-state index >= 15 is 0 Å². The van der Waals surface area contributed by atoms with E-state index in [4.69, 9.17) is 9.47 Å². The van der Waals surface area contributed by atoms with Crippen molar-refractivity contribution in [3.63, 3.8) is 0 Å². The standard InChI is InChI=1S/C18H14O4/c1-2-17(19)22-16-10-8-15(9-11-16)18(20)21-13-12-14-6-4-3-5-7-14/h2-13H,1H2/b13-12-. The van der Waals surface area contributed by atoms with Crippen molar-refractivity contribution in [3.8, 4) is 5.75 Å². The van der Waals surface area contributed by atoms with Crippen molar-refractivity contribution in [2.75, 3.05) is 0 Å². The van der Waals surface area contributed by atoms with Crippen LogP contribution in [0.1, 0.15) is 15.9 Å². The molecule has 0 saturated heterocycles. The maximum Gasteiger partial charge on any atom is 0.342 e. The molecule has 2 rings (SSSR count).